The van der Waals surface area contributed by atoms with Crippen LogP contribution in [-0.2, 0) is 5.67 Å². The van der Waals surface area contributed by atoms with Gasteiger partial charge in [-0.1, -0.05) is 12.1 Å². The Bertz CT molecular complexity index is 369. The second kappa shape index (κ2) is 3.85. The van der Waals surface area contributed by atoms with Crippen molar-refractivity contribution in [1.82, 2.24) is 0 Å². The molecule has 0 aromatic heterocycles. The van der Waals surface area contributed by atoms with Gasteiger partial charge in [-0.25, -0.2) is 9.18 Å². The third-order valence-corrected chi connectivity index (χ3v) is 3.78. The van der Waals surface area contributed by atoms with Gasteiger partial charge < -0.3 is 5.11 Å². The SMILES string of the molecule is O=C(O)c1ccc(C2(F)CCSC2)cc1. The molecule has 80 valence electrons. The van der Waals surface area contributed by atoms with Crippen molar-refractivity contribution < 1.29 is 14.3 Å². The standard InChI is InChI=1S/C11H11FO2S/c12-11(5-6-15-7-11)9-3-1-8(2-4-9)10(13)14/h1-4H,5-7H2,(H,13,14). The molecule has 4 heteroatoms. The van der Waals surface area contributed by atoms with E-state index < -0.39 is 11.6 Å². The van der Waals surface area contributed by atoms with Crippen LogP contribution in [0.15, 0.2) is 24.3 Å². The Labute approximate surface area is 91.5 Å². The van der Waals surface area contributed by atoms with Crippen molar-refractivity contribution in [3.63, 3.8) is 0 Å². The van der Waals surface area contributed by atoms with Gasteiger partial charge in [0.15, 0.2) is 0 Å². The largest absolute Gasteiger partial charge is 0.478 e. The third kappa shape index (κ3) is 2.00. The summed E-state index contributed by atoms with van der Waals surface area (Å²) in [6, 6.07) is 6.08. The van der Waals surface area contributed by atoms with Crippen LogP contribution in [0.3, 0.4) is 0 Å². The molecule has 0 bridgehead atoms. The van der Waals surface area contributed by atoms with Crippen LogP contribution in [0.5, 0.6) is 0 Å². The van der Waals surface area contributed by atoms with Crippen LogP contribution in [0, 0.1) is 0 Å². The number of thioether (sulfide) groups is 1. The summed E-state index contributed by atoms with van der Waals surface area (Å²) >= 11 is 1.60. The van der Waals surface area contributed by atoms with E-state index in [2.05, 4.69) is 0 Å². The Morgan fingerprint density at radius 1 is 1.40 bits per heavy atom. The fourth-order valence-electron chi connectivity index (χ4n) is 1.68. The van der Waals surface area contributed by atoms with Crippen LogP contribution in [0.25, 0.3) is 0 Å². The van der Waals surface area contributed by atoms with E-state index in [-0.39, 0.29) is 5.56 Å². The normalized spacial score (nSPS) is 25.4. The van der Waals surface area contributed by atoms with Crippen molar-refractivity contribution in [2.75, 3.05) is 11.5 Å². The third-order valence-electron chi connectivity index (χ3n) is 2.62. The van der Waals surface area contributed by atoms with Crippen LogP contribution in [-0.4, -0.2) is 22.6 Å². The molecular weight excluding hydrogens is 215 g/mol. The van der Waals surface area contributed by atoms with E-state index in [9.17, 15) is 9.18 Å². The molecule has 0 spiro atoms. The van der Waals surface area contributed by atoms with Gasteiger partial charge in [0.25, 0.3) is 0 Å². The molecular formula is C11H11FO2S. The molecule has 1 aromatic rings. The number of benzene rings is 1. The minimum Gasteiger partial charge on any atom is -0.478 e. The van der Waals surface area contributed by atoms with E-state index in [0.29, 0.717) is 17.7 Å². The zero-order valence-corrected chi connectivity index (χ0v) is 8.89. The number of hydrogen-bond donors (Lipinski definition) is 1. The molecule has 0 saturated carbocycles. The summed E-state index contributed by atoms with van der Waals surface area (Å²) in [5, 5.41) is 8.71. The topological polar surface area (TPSA) is 37.3 Å². The van der Waals surface area contributed by atoms with E-state index in [0.717, 1.165) is 5.75 Å². The lowest BCUT2D eigenvalue weighted by Gasteiger charge is -2.18. The summed E-state index contributed by atoms with van der Waals surface area (Å²) in [5.41, 5.74) is -0.465. The number of hydrogen-bond acceptors (Lipinski definition) is 2. The summed E-state index contributed by atoms with van der Waals surface area (Å²) < 4.78 is 14.2. The van der Waals surface area contributed by atoms with Gasteiger partial charge in [0.05, 0.1) is 5.56 Å². The van der Waals surface area contributed by atoms with Gasteiger partial charge in [0, 0.05) is 5.75 Å². The van der Waals surface area contributed by atoms with Crippen LogP contribution in [0.4, 0.5) is 4.39 Å². The minimum absolute atomic E-state index is 0.202. The number of carboxylic acids is 1. The smallest absolute Gasteiger partial charge is 0.335 e. The van der Waals surface area contributed by atoms with Gasteiger partial charge in [-0.05, 0) is 29.9 Å². The van der Waals surface area contributed by atoms with Crippen molar-refractivity contribution in [3.8, 4) is 0 Å². The highest BCUT2D eigenvalue weighted by Gasteiger charge is 2.35. The Kier molecular flexibility index (Phi) is 2.69. The molecule has 1 unspecified atom stereocenters. The Hall–Kier alpha value is -1.03. The predicted molar refractivity (Wildman–Crippen MR) is 58.1 cm³/mol. The molecule has 1 heterocycles. The Morgan fingerprint density at radius 2 is 2.07 bits per heavy atom. The van der Waals surface area contributed by atoms with Crippen LogP contribution < -0.4 is 0 Å². The highest BCUT2D eigenvalue weighted by atomic mass is 32.2. The number of alkyl halides is 1. The number of rotatable bonds is 2. The quantitative estimate of drug-likeness (QED) is 0.842. The average Bonchev–Trinajstić information content (AvgIpc) is 2.67. The maximum absolute atomic E-state index is 14.2. The molecule has 1 saturated heterocycles. The lowest BCUT2D eigenvalue weighted by atomic mass is 9.94. The first-order valence-corrected chi connectivity index (χ1v) is 5.88. The van der Waals surface area contributed by atoms with Crippen molar-refractivity contribution >= 4 is 17.7 Å². The number of carboxylic acid groups (broad SMARTS) is 1. The van der Waals surface area contributed by atoms with Crippen LogP contribution in [0.1, 0.15) is 22.3 Å². The number of carbonyl (C=O) groups is 1. The van der Waals surface area contributed by atoms with Crippen molar-refractivity contribution in [1.29, 1.82) is 0 Å². The fraction of sp³-hybridized carbons (Fsp3) is 0.364. The van der Waals surface area contributed by atoms with E-state index >= 15 is 0 Å². The van der Waals surface area contributed by atoms with E-state index in [1.54, 1.807) is 23.9 Å². The second-order valence-electron chi connectivity index (χ2n) is 3.65. The Morgan fingerprint density at radius 3 is 2.53 bits per heavy atom. The molecule has 0 aliphatic carbocycles. The number of halogens is 1. The van der Waals surface area contributed by atoms with Gasteiger partial charge in [0.2, 0.25) is 0 Å². The molecule has 1 aromatic carbocycles. The molecule has 0 amide bonds. The van der Waals surface area contributed by atoms with Crippen molar-refractivity contribution in [3.05, 3.63) is 35.4 Å². The molecule has 1 aliphatic rings. The van der Waals surface area contributed by atoms with E-state index in [4.69, 9.17) is 5.11 Å². The summed E-state index contributed by atoms with van der Waals surface area (Å²) in [7, 11) is 0. The van der Waals surface area contributed by atoms with E-state index in [1.807, 2.05) is 0 Å². The fourth-order valence-corrected chi connectivity index (χ4v) is 2.93. The lowest BCUT2D eigenvalue weighted by molar-refractivity contribution is 0.0696. The van der Waals surface area contributed by atoms with Gasteiger partial charge in [-0.15, -0.1) is 0 Å². The first-order valence-electron chi connectivity index (χ1n) is 4.72. The molecule has 2 nitrogen and oxygen atoms in total. The van der Waals surface area contributed by atoms with Crippen LogP contribution >= 0.6 is 11.8 Å². The van der Waals surface area contributed by atoms with Gasteiger partial charge >= 0.3 is 5.97 Å². The first kappa shape index (κ1) is 10.5. The average molecular weight is 226 g/mol. The summed E-state index contributed by atoms with van der Waals surface area (Å²) in [6.07, 6.45) is 0.518. The highest BCUT2D eigenvalue weighted by molar-refractivity contribution is 7.99. The van der Waals surface area contributed by atoms with Crippen LogP contribution in [0.2, 0.25) is 0 Å². The first-order chi connectivity index (χ1) is 7.12. The van der Waals surface area contributed by atoms with Crippen molar-refractivity contribution in [2.45, 2.75) is 12.1 Å². The molecule has 2 rings (SSSR count). The minimum atomic E-state index is -1.26. The van der Waals surface area contributed by atoms with Crippen molar-refractivity contribution in [2.24, 2.45) is 0 Å². The molecule has 1 N–H and O–H groups in total. The summed E-state index contributed by atoms with van der Waals surface area (Å²) in [5.74, 6) is 0.326. The molecule has 1 aliphatic heterocycles. The molecule has 1 atom stereocenters. The Balaban J connectivity index is 2.26. The van der Waals surface area contributed by atoms with Gasteiger partial charge in [-0.3, -0.25) is 0 Å². The van der Waals surface area contributed by atoms with E-state index in [1.165, 1.54) is 12.1 Å². The van der Waals surface area contributed by atoms with Gasteiger partial charge in [-0.2, -0.15) is 11.8 Å². The maximum atomic E-state index is 14.2. The maximum Gasteiger partial charge on any atom is 0.335 e. The molecule has 15 heavy (non-hydrogen) atoms. The zero-order chi connectivity index (χ0) is 10.9. The summed E-state index contributed by atoms with van der Waals surface area (Å²) in [4.78, 5) is 10.6. The molecule has 0 radical (unpaired) electrons. The summed E-state index contributed by atoms with van der Waals surface area (Å²) in [6.45, 7) is 0. The zero-order valence-electron chi connectivity index (χ0n) is 8.07. The predicted octanol–water partition coefficient (Wildman–Crippen LogP) is 2.69. The lowest BCUT2D eigenvalue weighted by Crippen LogP contribution is -2.18. The highest BCUT2D eigenvalue weighted by Crippen LogP contribution is 2.40. The number of aromatic carboxylic acids is 1. The molecule has 1 fully saturated rings. The second-order valence-corrected chi connectivity index (χ2v) is 4.76. The monoisotopic (exact) mass is 226 g/mol. The van der Waals surface area contributed by atoms with Gasteiger partial charge in [0.1, 0.15) is 5.67 Å².